The standard InChI is InChI=1S/C25H18F12NO4P/c1-38(17-11-5-2-6-12-17)43(39-18-13-7-3-8-14-18,40-19-15-9-4-10-16-19)41-20(22(26,27)28,23(29,30)31)21(42-43,24(32,33)34)25(35,36)37/h2-16H,1H3. The van der Waals surface area contributed by atoms with Crippen LogP contribution < -0.4 is 13.7 Å². The molecule has 0 saturated carbocycles. The van der Waals surface area contributed by atoms with Gasteiger partial charge in [0.25, 0.3) is 0 Å². The first-order valence-electron chi connectivity index (χ1n) is 11.7. The van der Waals surface area contributed by atoms with Crippen LogP contribution >= 0.6 is 7.66 Å². The molecule has 1 heterocycles. The monoisotopic (exact) mass is 655 g/mol. The van der Waals surface area contributed by atoms with E-state index in [1.54, 1.807) is 0 Å². The fraction of sp³-hybridized carbons (Fsp3) is 0.280. The molecule has 0 atom stereocenters. The van der Waals surface area contributed by atoms with E-state index in [-0.39, 0.29) is 4.67 Å². The summed E-state index contributed by atoms with van der Waals surface area (Å²) in [4.78, 5) is 0. The van der Waals surface area contributed by atoms with Gasteiger partial charge in [0.1, 0.15) is 0 Å². The summed E-state index contributed by atoms with van der Waals surface area (Å²) >= 11 is 0. The molecule has 43 heavy (non-hydrogen) atoms. The number of nitrogens with zero attached hydrogens (tertiary/aromatic N) is 1. The Morgan fingerprint density at radius 3 is 1.07 bits per heavy atom. The second-order valence-corrected chi connectivity index (χ2v) is 11.9. The zero-order valence-electron chi connectivity index (χ0n) is 21.2. The van der Waals surface area contributed by atoms with E-state index in [9.17, 15) is 52.7 Å². The number of benzene rings is 3. The molecule has 0 aliphatic carbocycles. The topological polar surface area (TPSA) is 40.2 Å². The Balaban J connectivity index is 2.29. The first-order chi connectivity index (χ1) is 19.7. The van der Waals surface area contributed by atoms with Gasteiger partial charge in [-0.1, -0.05) is 0 Å². The molecule has 1 fully saturated rings. The van der Waals surface area contributed by atoms with Gasteiger partial charge in [0.15, 0.2) is 0 Å². The van der Waals surface area contributed by atoms with E-state index < -0.39 is 60.8 Å². The van der Waals surface area contributed by atoms with Crippen LogP contribution in [0.25, 0.3) is 0 Å². The molecule has 3 aromatic carbocycles. The zero-order chi connectivity index (χ0) is 32.2. The molecule has 1 aliphatic heterocycles. The quantitative estimate of drug-likeness (QED) is 0.196. The Labute approximate surface area is 234 Å². The number of halogens is 12. The van der Waals surface area contributed by atoms with Crippen molar-refractivity contribution in [2.45, 2.75) is 35.9 Å². The van der Waals surface area contributed by atoms with Crippen molar-refractivity contribution in [2.75, 3.05) is 11.7 Å². The first kappa shape index (κ1) is 32.5. The van der Waals surface area contributed by atoms with Crippen LogP contribution in [-0.4, -0.2) is 43.0 Å². The third-order valence-electron chi connectivity index (χ3n) is 6.29. The fourth-order valence-corrected chi connectivity index (χ4v) is 8.18. The predicted octanol–water partition coefficient (Wildman–Crippen LogP) is 9.18. The third-order valence-corrected chi connectivity index (χ3v) is 9.70. The third kappa shape index (κ3) is 4.81. The number of anilines is 1. The SMILES string of the molecule is CN(c1ccccc1)P1(Oc2ccccc2)(Oc2ccccc2)OC(C(F)(F)F)(C(F)(F)F)C(C(F)(F)F)(C(F)(F)F)O1. The summed E-state index contributed by atoms with van der Waals surface area (Å²) in [6.07, 6.45) is -30.0. The number of rotatable bonds is 6. The maximum atomic E-state index is 14.7. The average Bonchev–Trinajstić information content (AvgIpc) is 3.22. The first-order valence-corrected chi connectivity index (χ1v) is 13.5. The second kappa shape index (κ2) is 10.1. The Morgan fingerprint density at radius 2 is 0.791 bits per heavy atom. The molecule has 0 amide bonds. The summed E-state index contributed by atoms with van der Waals surface area (Å²) in [5, 5.41) is 0. The van der Waals surface area contributed by atoms with Crippen LogP contribution in [0.3, 0.4) is 0 Å². The van der Waals surface area contributed by atoms with Crippen LogP contribution in [0.1, 0.15) is 0 Å². The van der Waals surface area contributed by atoms with Gasteiger partial charge >= 0.3 is 234 Å². The van der Waals surface area contributed by atoms with Crippen molar-refractivity contribution >= 4 is 13.3 Å². The van der Waals surface area contributed by atoms with Crippen molar-refractivity contribution in [3.8, 4) is 11.5 Å². The summed E-state index contributed by atoms with van der Waals surface area (Å²) in [5.74, 6) is -1.73. The van der Waals surface area contributed by atoms with Gasteiger partial charge in [-0.15, -0.1) is 0 Å². The van der Waals surface area contributed by atoms with E-state index in [1.165, 1.54) is 18.2 Å². The van der Waals surface area contributed by atoms with Crippen LogP contribution in [0.2, 0.25) is 0 Å². The van der Waals surface area contributed by atoms with Gasteiger partial charge in [-0.05, 0) is 0 Å². The number of para-hydroxylation sites is 3. The molecule has 236 valence electrons. The minimum atomic E-state index is -7.80. The molecule has 18 heteroatoms. The van der Waals surface area contributed by atoms with E-state index >= 15 is 0 Å². The molecule has 1 aliphatic rings. The fourth-order valence-electron chi connectivity index (χ4n) is 4.42. The number of alkyl halides is 12. The van der Waals surface area contributed by atoms with Crippen LogP contribution in [0.4, 0.5) is 58.4 Å². The molecule has 0 bridgehead atoms. The van der Waals surface area contributed by atoms with Gasteiger partial charge in [0.2, 0.25) is 0 Å². The molecule has 0 N–H and O–H groups in total. The van der Waals surface area contributed by atoms with Gasteiger partial charge in [-0.25, -0.2) is 0 Å². The number of hydrogen-bond acceptors (Lipinski definition) is 5. The average molecular weight is 655 g/mol. The summed E-state index contributed by atoms with van der Waals surface area (Å²) in [6, 6.07) is 15.5. The molecular weight excluding hydrogens is 637 g/mol. The maximum absolute atomic E-state index is 14.7. The normalized spacial score (nSPS) is 20.4. The van der Waals surface area contributed by atoms with Crippen molar-refractivity contribution in [1.82, 2.24) is 0 Å². The Bertz CT molecular complexity index is 1300. The Hall–Kier alpha value is -3.43. The molecule has 0 spiro atoms. The summed E-state index contributed by atoms with van der Waals surface area (Å²) in [6.45, 7) is 0. The molecule has 0 aromatic heterocycles. The van der Waals surface area contributed by atoms with Crippen LogP contribution in [-0.2, 0) is 9.05 Å². The van der Waals surface area contributed by atoms with Crippen LogP contribution in [0, 0.1) is 0 Å². The molecule has 4 rings (SSSR count). The molecule has 1 saturated heterocycles. The van der Waals surface area contributed by atoms with E-state index in [0.717, 1.165) is 72.8 Å². The van der Waals surface area contributed by atoms with Crippen LogP contribution in [0.15, 0.2) is 91.0 Å². The molecule has 0 unspecified atom stereocenters. The van der Waals surface area contributed by atoms with Crippen molar-refractivity contribution in [3.63, 3.8) is 0 Å². The minimum absolute atomic E-state index is 0.0110. The summed E-state index contributed by atoms with van der Waals surface area (Å²) in [7, 11) is -7.29. The zero-order valence-corrected chi connectivity index (χ0v) is 22.1. The van der Waals surface area contributed by atoms with E-state index in [0.29, 0.717) is 7.05 Å². The summed E-state index contributed by atoms with van der Waals surface area (Å²) < 4.78 is 196. The van der Waals surface area contributed by atoms with Crippen molar-refractivity contribution in [3.05, 3.63) is 91.0 Å². The summed E-state index contributed by atoms with van der Waals surface area (Å²) in [5.41, 5.74) is -15.0. The molecule has 0 radical (unpaired) electrons. The predicted molar refractivity (Wildman–Crippen MR) is 128 cm³/mol. The molecule has 3 aromatic rings. The van der Waals surface area contributed by atoms with E-state index in [2.05, 4.69) is 9.05 Å². The van der Waals surface area contributed by atoms with E-state index in [1.807, 2.05) is 0 Å². The van der Waals surface area contributed by atoms with Crippen molar-refractivity contribution < 1.29 is 70.8 Å². The van der Waals surface area contributed by atoms with Crippen molar-refractivity contribution in [2.24, 2.45) is 0 Å². The Kier molecular flexibility index (Phi) is 7.60. The van der Waals surface area contributed by atoms with Gasteiger partial charge in [0.05, 0.1) is 0 Å². The van der Waals surface area contributed by atoms with Gasteiger partial charge < -0.3 is 0 Å². The number of hydrogen-bond donors (Lipinski definition) is 0. The van der Waals surface area contributed by atoms with Gasteiger partial charge in [-0.3, -0.25) is 0 Å². The second-order valence-electron chi connectivity index (χ2n) is 8.98. The Morgan fingerprint density at radius 1 is 0.512 bits per heavy atom. The van der Waals surface area contributed by atoms with Gasteiger partial charge in [-0.2, -0.15) is 0 Å². The van der Waals surface area contributed by atoms with E-state index in [4.69, 9.17) is 9.05 Å². The molecular formula is C25H18F12NO4P. The van der Waals surface area contributed by atoms with Gasteiger partial charge in [0, 0.05) is 0 Å². The van der Waals surface area contributed by atoms with Crippen molar-refractivity contribution in [1.29, 1.82) is 0 Å². The molecule has 5 nitrogen and oxygen atoms in total. The van der Waals surface area contributed by atoms with Crippen LogP contribution in [0.5, 0.6) is 11.5 Å².